The van der Waals surface area contributed by atoms with Crippen LogP contribution in [0.2, 0.25) is 6.82 Å². The van der Waals surface area contributed by atoms with E-state index in [-0.39, 0.29) is 11.9 Å². The zero-order valence-corrected chi connectivity index (χ0v) is 61.4. The predicted molar refractivity (Wildman–Crippen MR) is 358 cm³/mol. The summed E-state index contributed by atoms with van der Waals surface area (Å²) >= 11 is 4.47. The number of carbonyl (C=O) groups excluding carboxylic acids is 4. The van der Waals surface area contributed by atoms with Gasteiger partial charge in [-0.3, -0.25) is 18.8 Å². The van der Waals surface area contributed by atoms with Gasteiger partial charge < -0.3 is 48.8 Å². The zero-order valence-electron chi connectivity index (χ0n) is 60.6. The molecule has 0 fully saturated rings. The number of halogens is 3. The summed E-state index contributed by atoms with van der Waals surface area (Å²) in [4.78, 5) is 45.8. The molecule has 0 aliphatic rings. The van der Waals surface area contributed by atoms with Gasteiger partial charge in [-0.15, -0.1) is 0 Å². The Labute approximate surface area is 502 Å². The Morgan fingerprint density at radius 1 is 0.481 bits per heavy atom. The molecule has 0 spiro atoms. The third-order valence-electron chi connectivity index (χ3n) is 4.05. The number of carbonyl (C=O) groups is 5. The van der Waals surface area contributed by atoms with Crippen LogP contribution in [0, 0.1) is 0 Å². The van der Waals surface area contributed by atoms with Gasteiger partial charge in [0.25, 0.3) is 5.97 Å². The number of thiocarbonyl (C=S) groups is 1. The number of esters is 2. The van der Waals surface area contributed by atoms with E-state index >= 15 is 0 Å². The number of alkyl halides is 3. The molecule has 0 aliphatic carbocycles. The molecule has 0 atom stereocenters. The molecule has 13 nitrogen and oxygen atoms in total. The largest absolute Gasteiger partial charge is 0.491 e. The van der Waals surface area contributed by atoms with Gasteiger partial charge in [-0.2, -0.15) is 8.78 Å². The lowest BCUT2D eigenvalue weighted by Crippen LogP contribution is -2.10. The Kier molecular flexibility index (Phi) is 549. The molecule has 0 rings (SSSR count). The summed E-state index contributed by atoms with van der Waals surface area (Å²) in [5, 5.41) is 30.2. The first-order chi connectivity index (χ1) is 37.1. The van der Waals surface area contributed by atoms with Crippen LogP contribution in [-0.2, 0) is 42.9 Å². The molecule has 0 aromatic heterocycles. The Morgan fingerprint density at radius 2 is 0.582 bits per heavy atom. The van der Waals surface area contributed by atoms with Gasteiger partial charge in [0.15, 0.2) is 5.05 Å². The number of aldehydes is 2. The highest BCUT2D eigenvalue weighted by Gasteiger charge is 2.17. The van der Waals surface area contributed by atoms with Gasteiger partial charge in [0.1, 0.15) is 12.6 Å². The normalized spacial score (nSPS) is 6.66. The Hall–Kier alpha value is -3.19. The fourth-order valence-electron chi connectivity index (χ4n) is 0.854. The number of allylic oxidation sites excluding steroid dienone is 4. The molecule has 0 aliphatic heterocycles. The first-order valence-corrected chi connectivity index (χ1v) is 29.0. The number of hydrogen-bond donors (Lipinski definition) is 4. The van der Waals surface area contributed by atoms with Gasteiger partial charge in [0.2, 0.25) is 0 Å². The van der Waals surface area contributed by atoms with E-state index in [9.17, 15) is 22.8 Å². The first kappa shape index (κ1) is 152. The molecular formula is C61H150BF3O13S. The maximum absolute atomic E-state index is 11.2. The Balaban J connectivity index is -0.0000000200. The van der Waals surface area contributed by atoms with Gasteiger partial charge in [0, 0.05) is 48.8 Å². The fraction of sp³-hybridized carbons (Fsp3) is 0.836. The fourth-order valence-corrected chi connectivity index (χ4v) is 0.854. The van der Waals surface area contributed by atoms with Crippen molar-refractivity contribution >= 4 is 54.9 Å². The van der Waals surface area contributed by atoms with Crippen molar-refractivity contribution in [2.24, 2.45) is 0 Å². The third kappa shape index (κ3) is 2080. The smallest absolute Gasteiger partial charge is 0.448 e. The number of unbranched alkanes of at least 4 members (excludes halogenated alkanes) is 6. The molecular weight excluding hydrogens is 1040 g/mol. The summed E-state index contributed by atoms with van der Waals surface area (Å²) < 4.78 is 48.3. The second-order valence-electron chi connectivity index (χ2n) is 10.8. The minimum atomic E-state index is -2.96. The molecule has 0 bridgehead atoms. The third-order valence-corrected chi connectivity index (χ3v) is 4.22. The molecule has 0 amide bonds. The minimum absolute atomic E-state index is 0.245. The van der Waals surface area contributed by atoms with Crippen LogP contribution in [-0.4, -0.2) is 112 Å². The molecule has 0 heterocycles. The number of aliphatic hydroxyl groups excluding tert-OH is 1. The predicted octanol–water partition coefficient (Wildman–Crippen LogP) is 20.7. The van der Waals surface area contributed by atoms with Crippen LogP contribution in [0.15, 0.2) is 24.3 Å². The summed E-state index contributed by atoms with van der Waals surface area (Å²) in [5.74, 6) is -1.32. The number of ether oxygens (including phenoxy) is 4. The van der Waals surface area contributed by atoms with E-state index in [1.54, 1.807) is 14.0 Å². The van der Waals surface area contributed by atoms with Crippen molar-refractivity contribution in [2.45, 2.75) is 306 Å². The van der Waals surface area contributed by atoms with E-state index in [1.807, 2.05) is 149 Å². The van der Waals surface area contributed by atoms with Gasteiger partial charge in [-0.25, -0.2) is 0 Å². The van der Waals surface area contributed by atoms with Gasteiger partial charge in [-0.1, -0.05) is 241 Å². The van der Waals surface area contributed by atoms with E-state index in [2.05, 4.69) is 86.6 Å². The Morgan fingerprint density at radius 3 is 0.595 bits per heavy atom. The lowest BCUT2D eigenvalue weighted by atomic mass is 9.99. The first-order valence-electron chi connectivity index (χ1n) is 28.5. The van der Waals surface area contributed by atoms with Gasteiger partial charge in [0.05, 0.1) is 28.5 Å². The average Bonchev–Trinajstić information content (AvgIpc) is 3.46. The number of carboxylic acid groups (broad SMARTS) is 1. The van der Waals surface area contributed by atoms with Crippen molar-refractivity contribution in [1.29, 1.82) is 0 Å². The summed E-state index contributed by atoms with van der Waals surface area (Å²) in [6, 6.07) is 0. The van der Waals surface area contributed by atoms with Crippen molar-refractivity contribution in [3.05, 3.63) is 24.3 Å². The highest BCUT2D eigenvalue weighted by molar-refractivity contribution is 7.80. The molecule has 0 saturated carbocycles. The summed E-state index contributed by atoms with van der Waals surface area (Å²) in [5.41, 5.74) is 0. The van der Waals surface area contributed by atoms with E-state index in [0.29, 0.717) is 19.2 Å². The topological polar surface area (TPSA) is 203 Å². The van der Waals surface area contributed by atoms with E-state index < -0.39 is 19.2 Å². The number of methoxy groups -OCH3 is 4. The van der Waals surface area contributed by atoms with Gasteiger partial charge >= 0.3 is 25.2 Å². The highest BCUT2D eigenvalue weighted by atomic mass is 32.1. The van der Waals surface area contributed by atoms with E-state index in [0.717, 1.165) is 33.7 Å². The maximum Gasteiger partial charge on any atom is 0.448 e. The molecule has 4 N–H and O–H groups in total. The number of rotatable bonds is 7. The molecule has 0 unspecified atom stereocenters. The van der Waals surface area contributed by atoms with E-state index in [4.69, 9.17) is 34.6 Å². The SMILES string of the molecule is C/C=C/C.C/C=C/C.CB(O)O.CC.CC.CC.CC.CC.CC.CC.CC(=O)O.CC=O.CC=O.CCC.CCCC.CCCCC.CCCCCC.CF.CO.COC(C)(F)F.COC(C)=O.COC(C)=O.COC(C)=S. The number of hydrogen-bond acceptors (Lipinski definition) is 13. The van der Waals surface area contributed by atoms with Crippen LogP contribution < -0.4 is 0 Å². The van der Waals surface area contributed by atoms with Gasteiger partial charge in [-0.05, 0) is 60.6 Å². The lowest BCUT2D eigenvalue weighted by Gasteiger charge is -2.03. The molecule has 0 saturated heterocycles. The van der Waals surface area contributed by atoms with Crippen LogP contribution in [0.3, 0.4) is 0 Å². The summed E-state index contributed by atoms with van der Waals surface area (Å²) in [6.07, 6.45) is 20.0. The van der Waals surface area contributed by atoms with Crippen LogP contribution in [0.5, 0.6) is 0 Å². The van der Waals surface area contributed by atoms with Crippen LogP contribution in [0.4, 0.5) is 13.2 Å². The van der Waals surface area contributed by atoms with Crippen molar-refractivity contribution in [1.82, 2.24) is 0 Å². The second-order valence-corrected chi connectivity index (χ2v) is 11.4. The van der Waals surface area contributed by atoms with Crippen LogP contribution in [0.25, 0.3) is 0 Å². The van der Waals surface area contributed by atoms with Crippen LogP contribution >= 0.6 is 12.2 Å². The molecule has 0 aromatic carbocycles. The summed E-state index contributed by atoms with van der Waals surface area (Å²) in [6.45, 7) is 63.9. The maximum atomic E-state index is 11.2. The Bertz CT molecular complexity index is 725. The molecule has 79 heavy (non-hydrogen) atoms. The number of aliphatic hydroxyl groups is 1. The zero-order chi connectivity index (χ0) is 70.5. The molecule has 18 heteroatoms. The molecule has 0 aromatic rings. The lowest BCUT2D eigenvalue weighted by molar-refractivity contribution is -0.205. The van der Waals surface area contributed by atoms with Crippen molar-refractivity contribution < 1.29 is 76.4 Å². The monoisotopic (exact) mass is 1190 g/mol. The van der Waals surface area contributed by atoms with Crippen molar-refractivity contribution in [3.8, 4) is 0 Å². The number of aliphatic carboxylic acids is 1. The molecule has 502 valence electrons. The second kappa shape index (κ2) is 285. The highest BCUT2D eigenvalue weighted by Crippen LogP contribution is 2.09. The molecule has 0 radical (unpaired) electrons. The standard InChI is InChI=1S/C6H14.C5H12.C4H10.2C4H8.C3H6F2O.2C3H6O2.C3H6OS.C3H8.C2H4O2.2C2H4O.7C2H6.CH5BO2.CH3F.CH4O/c1-3-5-6-4-2;1-3-5-4-2;3*1-3-4-2;1-3(4,5)6-2;2*1-3(4)5-2;1-3(5)4-2;1-3-2;1-2(3)4;2*1-2-3;7*1-2;1-2(3)4;2*1-2/h3-6H2,1-2H3;3-5H2,1-2H3;3-4H2,1-2H3;2*3-4H,1-2H3;1-2H3;3*1-2H3;3H2,1-2H3;1H3,(H,3,4);2*2H,1H3;7*1-2H3;3-4H,1H3;1H3;2H,1H3/b;;;2*4-3+;;;;;;;;;;;;;;;;;;. The van der Waals surface area contributed by atoms with Crippen molar-refractivity contribution in [2.75, 3.05) is 42.7 Å². The summed E-state index contributed by atoms with van der Waals surface area (Å²) in [7, 11) is 5.55. The number of carboxylic acids is 1. The quantitative estimate of drug-likeness (QED) is 0.0468. The average molecular weight is 1190 g/mol. The van der Waals surface area contributed by atoms with Crippen molar-refractivity contribution in [3.63, 3.8) is 0 Å². The minimum Gasteiger partial charge on any atom is -0.491 e. The van der Waals surface area contributed by atoms with E-state index in [1.165, 1.54) is 113 Å². The van der Waals surface area contributed by atoms with Crippen LogP contribution in [0.1, 0.15) is 293 Å².